The summed E-state index contributed by atoms with van der Waals surface area (Å²) >= 11 is 0. The van der Waals surface area contributed by atoms with Gasteiger partial charge in [-0.15, -0.1) is 0 Å². The Bertz CT molecular complexity index is 1050. The maximum Gasteiger partial charge on any atom is 0.268 e. The summed E-state index contributed by atoms with van der Waals surface area (Å²) in [6, 6.07) is 8.40. The van der Waals surface area contributed by atoms with Crippen molar-refractivity contribution in [3.63, 3.8) is 0 Å². The molecular formula is C24H26N2O8. The molecule has 0 saturated heterocycles. The highest BCUT2D eigenvalue weighted by molar-refractivity contribution is 5.97. The SMILES string of the molecule is C[C@H](O)[C@H](NC(=O)c1ccc(C#CC#Cc2ccc(COCCOCCO)o2)cc1)C(=O)NO. The Balaban J connectivity index is 1.86. The molecule has 0 aliphatic heterocycles. The zero-order valence-corrected chi connectivity index (χ0v) is 18.5. The Morgan fingerprint density at radius 1 is 1.03 bits per heavy atom. The molecule has 0 aliphatic carbocycles. The van der Waals surface area contributed by atoms with Crippen LogP contribution < -0.4 is 10.8 Å². The monoisotopic (exact) mass is 470 g/mol. The number of hydrogen-bond acceptors (Lipinski definition) is 8. The normalized spacial score (nSPS) is 11.9. The minimum atomic E-state index is -1.30. The molecule has 34 heavy (non-hydrogen) atoms. The van der Waals surface area contributed by atoms with Crippen molar-refractivity contribution in [3.8, 4) is 23.7 Å². The molecule has 0 fully saturated rings. The van der Waals surface area contributed by atoms with Crippen LogP contribution in [0.25, 0.3) is 0 Å². The van der Waals surface area contributed by atoms with Crippen LogP contribution >= 0.6 is 0 Å². The fourth-order valence-electron chi connectivity index (χ4n) is 2.58. The first kappa shape index (κ1) is 26.6. The molecule has 10 heteroatoms. The molecule has 0 aliphatic rings. The van der Waals surface area contributed by atoms with E-state index in [1.54, 1.807) is 24.3 Å². The average Bonchev–Trinajstić information content (AvgIpc) is 3.29. The second-order valence-electron chi connectivity index (χ2n) is 6.90. The Hall–Kier alpha value is -3.64. The number of aliphatic hydroxyl groups excluding tert-OH is 2. The zero-order chi connectivity index (χ0) is 24.8. The lowest BCUT2D eigenvalue weighted by Gasteiger charge is -2.19. The van der Waals surface area contributed by atoms with Gasteiger partial charge < -0.3 is 29.4 Å². The number of hydrogen-bond donors (Lipinski definition) is 5. The van der Waals surface area contributed by atoms with Crippen LogP contribution in [0.2, 0.25) is 0 Å². The number of rotatable bonds is 11. The van der Waals surface area contributed by atoms with Crippen molar-refractivity contribution in [1.82, 2.24) is 10.8 Å². The smallest absolute Gasteiger partial charge is 0.268 e. The maximum absolute atomic E-state index is 12.3. The van der Waals surface area contributed by atoms with E-state index in [4.69, 9.17) is 24.2 Å². The third kappa shape index (κ3) is 9.08. The molecular weight excluding hydrogens is 444 g/mol. The van der Waals surface area contributed by atoms with Crippen molar-refractivity contribution in [3.05, 3.63) is 59.0 Å². The van der Waals surface area contributed by atoms with Gasteiger partial charge in [0.15, 0.2) is 5.76 Å². The first-order valence-electron chi connectivity index (χ1n) is 10.3. The molecule has 1 aromatic carbocycles. The number of carbonyl (C=O) groups excluding carboxylic acids is 2. The molecule has 0 spiro atoms. The maximum atomic E-state index is 12.3. The predicted molar refractivity (Wildman–Crippen MR) is 119 cm³/mol. The molecule has 0 saturated carbocycles. The van der Waals surface area contributed by atoms with E-state index >= 15 is 0 Å². The Morgan fingerprint density at radius 2 is 1.74 bits per heavy atom. The third-order valence-electron chi connectivity index (χ3n) is 4.28. The Kier molecular flexibility index (Phi) is 11.3. The second kappa shape index (κ2) is 14.5. The largest absolute Gasteiger partial charge is 0.450 e. The van der Waals surface area contributed by atoms with E-state index in [-0.39, 0.29) is 25.4 Å². The second-order valence-corrected chi connectivity index (χ2v) is 6.90. The molecule has 2 aromatic rings. The highest BCUT2D eigenvalue weighted by Crippen LogP contribution is 2.08. The summed E-state index contributed by atoms with van der Waals surface area (Å²) in [6.07, 6.45) is -1.20. The van der Waals surface area contributed by atoms with Gasteiger partial charge in [0, 0.05) is 11.1 Å². The molecule has 0 radical (unpaired) electrons. The molecule has 1 aromatic heterocycles. The lowest BCUT2D eigenvalue weighted by molar-refractivity contribution is -0.133. The summed E-state index contributed by atoms with van der Waals surface area (Å²) in [5, 5.41) is 29.3. The van der Waals surface area contributed by atoms with Crippen molar-refractivity contribution in [1.29, 1.82) is 0 Å². The Morgan fingerprint density at radius 3 is 2.41 bits per heavy atom. The summed E-state index contributed by atoms with van der Waals surface area (Å²) in [5.41, 5.74) is 2.26. The Labute approximate surface area is 196 Å². The molecule has 10 nitrogen and oxygen atoms in total. The van der Waals surface area contributed by atoms with Gasteiger partial charge in [0.25, 0.3) is 11.8 Å². The van der Waals surface area contributed by atoms with E-state index in [2.05, 4.69) is 29.0 Å². The van der Waals surface area contributed by atoms with Crippen molar-refractivity contribution in [2.24, 2.45) is 0 Å². The van der Waals surface area contributed by atoms with E-state index in [1.165, 1.54) is 24.5 Å². The van der Waals surface area contributed by atoms with Crippen molar-refractivity contribution < 1.29 is 38.9 Å². The van der Waals surface area contributed by atoms with Gasteiger partial charge in [-0.3, -0.25) is 14.8 Å². The quantitative estimate of drug-likeness (QED) is 0.135. The van der Waals surface area contributed by atoms with E-state index in [9.17, 15) is 14.7 Å². The molecule has 2 amide bonds. The number of hydroxylamine groups is 1. The van der Waals surface area contributed by atoms with Crippen molar-refractivity contribution in [2.45, 2.75) is 25.7 Å². The molecule has 0 bridgehead atoms. The van der Waals surface area contributed by atoms with Crippen LogP contribution in [0.15, 0.2) is 40.8 Å². The molecule has 5 N–H and O–H groups in total. The number of benzene rings is 1. The number of furan rings is 1. The standard InChI is InChI=1S/C24H26N2O8/c1-17(28)22(24(30)26-31)25-23(29)19-8-6-18(7-9-19)4-2-3-5-20-10-11-21(34-20)16-33-15-14-32-13-12-27/h6-11,17,22,27-28,31H,12-16H2,1H3,(H,25,29)(H,26,30)/t17-,22-/m0/s1. The first-order chi connectivity index (χ1) is 16.4. The van der Waals surface area contributed by atoms with Crippen LogP contribution in [0.4, 0.5) is 0 Å². The lowest BCUT2D eigenvalue weighted by atomic mass is 10.1. The van der Waals surface area contributed by atoms with Gasteiger partial charge in [0.2, 0.25) is 0 Å². The highest BCUT2D eigenvalue weighted by Gasteiger charge is 2.25. The fraction of sp³-hybridized carbons (Fsp3) is 0.333. The van der Waals surface area contributed by atoms with E-state index in [1.807, 2.05) is 0 Å². The highest BCUT2D eigenvalue weighted by atomic mass is 16.5. The van der Waals surface area contributed by atoms with Gasteiger partial charge in [-0.2, -0.15) is 0 Å². The van der Waals surface area contributed by atoms with E-state index < -0.39 is 24.0 Å². The molecule has 2 atom stereocenters. The molecule has 0 unspecified atom stereocenters. The van der Waals surface area contributed by atoms with Gasteiger partial charge in [-0.1, -0.05) is 5.92 Å². The van der Waals surface area contributed by atoms with Gasteiger partial charge in [-0.05, 0) is 61.1 Å². The lowest BCUT2D eigenvalue weighted by Crippen LogP contribution is -2.51. The third-order valence-corrected chi connectivity index (χ3v) is 4.28. The summed E-state index contributed by atoms with van der Waals surface area (Å²) < 4.78 is 16.0. The summed E-state index contributed by atoms with van der Waals surface area (Å²) in [4.78, 5) is 23.8. The number of ether oxygens (including phenoxy) is 2. The van der Waals surface area contributed by atoms with Crippen LogP contribution in [-0.2, 0) is 20.9 Å². The van der Waals surface area contributed by atoms with Gasteiger partial charge >= 0.3 is 0 Å². The average molecular weight is 470 g/mol. The number of carbonyl (C=O) groups is 2. The van der Waals surface area contributed by atoms with Crippen molar-refractivity contribution >= 4 is 11.8 Å². The minimum absolute atomic E-state index is 0.0236. The minimum Gasteiger partial charge on any atom is -0.450 e. The summed E-state index contributed by atoms with van der Waals surface area (Å²) in [6.45, 7) is 2.61. The number of amides is 2. The van der Waals surface area contributed by atoms with Gasteiger partial charge in [-0.25, -0.2) is 5.48 Å². The van der Waals surface area contributed by atoms with E-state index in [0.717, 1.165) is 0 Å². The van der Waals surface area contributed by atoms with Crippen LogP contribution in [0.3, 0.4) is 0 Å². The zero-order valence-electron chi connectivity index (χ0n) is 18.5. The van der Waals surface area contributed by atoms with Crippen molar-refractivity contribution in [2.75, 3.05) is 26.4 Å². The van der Waals surface area contributed by atoms with Crippen LogP contribution in [0.5, 0.6) is 0 Å². The van der Waals surface area contributed by atoms with Crippen LogP contribution in [0.1, 0.15) is 34.4 Å². The summed E-state index contributed by atoms with van der Waals surface area (Å²) in [7, 11) is 0. The van der Waals surface area contributed by atoms with Gasteiger partial charge in [0.05, 0.1) is 32.5 Å². The van der Waals surface area contributed by atoms with Crippen LogP contribution in [-0.4, -0.2) is 65.8 Å². The predicted octanol–water partition coefficient (Wildman–Crippen LogP) is 0.193. The van der Waals surface area contributed by atoms with Gasteiger partial charge in [0.1, 0.15) is 18.4 Å². The fourth-order valence-corrected chi connectivity index (χ4v) is 2.58. The number of aliphatic hydroxyl groups is 2. The topological polar surface area (TPSA) is 150 Å². The van der Waals surface area contributed by atoms with E-state index in [0.29, 0.717) is 30.3 Å². The first-order valence-corrected chi connectivity index (χ1v) is 10.3. The molecule has 180 valence electrons. The van der Waals surface area contributed by atoms with Crippen LogP contribution in [0, 0.1) is 23.7 Å². The molecule has 2 rings (SSSR count). The summed E-state index contributed by atoms with van der Waals surface area (Å²) in [5.74, 6) is 10.5. The molecule has 1 heterocycles. The number of nitrogens with one attached hydrogen (secondary N) is 2.